The van der Waals surface area contributed by atoms with Crippen LogP contribution in [0.4, 0.5) is 0 Å². The first-order chi connectivity index (χ1) is 13.5. The molecule has 9 heteroatoms. The maximum atomic E-state index is 12.4. The number of carbonyl (C=O) groups excluding carboxylic acids is 1. The minimum Gasteiger partial charge on any atom is -0.460 e. The van der Waals surface area contributed by atoms with Gasteiger partial charge in [0.15, 0.2) is 11.5 Å². The second kappa shape index (κ2) is 7.03. The second-order valence-corrected chi connectivity index (χ2v) is 6.28. The highest BCUT2D eigenvalue weighted by atomic mass is 16.3. The first kappa shape index (κ1) is 17.5. The molecule has 3 N–H and O–H groups in total. The molecule has 0 aliphatic carbocycles. The number of hydrogen-bond acceptors (Lipinski definition) is 5. The molecule has 142 valence electrons. The molecule has 1 amide bonds. The maximum Gasteiger partial charge on any atom is 0.273 e. The number of aromatic amines is 2. The van der Waals surface area contributed by atoms with E-state index in [0.717, 1.165) is 5.76 Å². The van der Waals surface area contributed by atoms with Gasteiger partial charge in [-0.05, 0) is 31.2 Å². The molecule has 0 aliphatic rings. The smallest absolute Gasteiger partial charge is 0.273 e. The minimum absolute atomic E-state index is 0.124. The quantitative estimate of drug-likeness (QED) is 0.483. The van der Waals surface area contributed by atoms with Gasteiger partial charge in [-0.3, -0.25) is 24.6 Å². The van der Waals surface area contributed by atoms with Gasteiger partial charge in [0.05, 0.1) is 17.3 Å². The van der Waals surface area contributed by atoms with Crippen molar-refractivity contribution in [2.45, 2.75) is 13.5 Å². The standard InChI is InChI=1S/C19H17N5O4/c1-11-6-7-16(28-11)14-10-15(22-21-14)18(26)20-8-9-24-19(27)13-5-3-2-4-12(13)17(25)23-24/h2-7,10H,8-9H2,1H3,(H,20,26)(H,21,22)(H,23,25). The molecular weight excluding hydrogens is 362 g/mol. The third-order valence-corrected chi connectivity index (χ3v) is 4.32. The lowest BCUT2D eigenvalue weighted by atomic mass is 10.2. The summed E-state index contributed by atoms with van der Waals surface area (Å²) in [5.41, 5.74) is 0.114. The number of aryl methyl sites for hydroxylation is 1. The first-order valence-electron chi connectivity index (χ1n) is 8.65. The van der Waals surface area contributed by atoms with Crippen LogP contribution in [-0.2, 0) is 6.54 Å². The number of nitrogens with one attached hydrogen (secondary N) is 3. The number of fused-ring (bicyclic) bond motifs is 1. The van der Waals surface area contributed by atoms with Gasteiger partial charge in [0.2, 0.25) is 0 Å². The maximum absolute atomic E-state index is 12.4. The first-order valence-corrected chi connectivity index (χ1v) is 8.65. The molecule has 1 aromatic carbocycles. The molecule has 0 fully saturated rings. The number of benzene rings is 1. The van der Waals surface area contributed by atoms with Gasteiger partial charge in [0.1, 0.15) is 11.5 Å². The summed E-state index contributed by atoms with van der Waals surface area (Å²) >= 11 is 0. The van der Waals surface area contributed by atoms with Crippen molar-refractivity contribution in [2.75, 3.05) is 6.54 Å². The van der Waals surface area contributed by atoms with Gasteiger partial charge in [-0.2, -0.15) is 5.10 Å². The van der Waals surface area contributed by atoms with E-state index in [-0.39, 0.29) is 29.9 Å². The Balaban J connectivity index is 1.44. The van der Waals surface area contributed by atoms with Crippen LogP contribution in [0.3, 0.4) is 0 Å². The Morgan fingerprint density at radius 1 is 1.18 bits per heavy atom. The van der Waals surface area contributed by atoms with Gasteiger partial charge in [-0.15, -0.1) is 0 Å². The number of nitrogens with zero attached hydrogens (tertiary/aromatic N) is 2. The number of hydrogen-bond donors (Lipinski definition) is 3. The zero-order chi connectivity index (χ0) is 19.7. The summed E-state index contributed by atoms with van der Waals surface area (Å²) in [6, 6.07) is 11.8. The molecule has 0 aliphatic heterocycles. The summed E-state index contributed by atoms with van der Waals surface area (Å²) in [6.45, 7) is 2.10. The highest BCUT2D eigenvalue weighted by Crippen LogP contribution is 2.20. The summed E-state index contributed by atoms with van der Waals surface area (Å²) < 4.78 is 6.67. The van der Waals surface area contributed by atoms with Crippen molar-refractivity contribution in [3.8, 4) is 11.5 Å². The van der Waals surface area contributed by atoms with E-state index in [1.807, 2.05) is 13.0 Å². The Morgan fingerprint density at radius 2 is 1.96 bits per heavy atom. The number of furan rings is 1. The number of carbonyl (C=O) groups is 1. The molecule has 9 nitrogen and oxygen atoms in total. The lowest BCUT2D eigenvalue weighted by molar-refractivity contribution is 0.0946. The van der Waals surface area contributed by atoms with Crippen molar-refractivity contribution in [2.24, 2.45) is 0 Å². The zero-order valence-electron chi connectivity index (χ0n) is 15.0. The van der Waals surface area contributed by atoms with E-state index < -0.39 is 5.91 Å². The molecule has 28 heavy (non-hydrogen) atoms. The fourth-order valence-corrected chi connectivity index (χ4v) is 2.92. The highest BCUT2D eigenvalue weighted by Gasteiger charge is 2.13. The van der Waals surface area contributed by atoms with Crippen LogP contribution in [-0.4, -0.2) is 32.4 Å². The average Bonchev–Trinajstić information content (AvgIpc) is 3.34. The summed E-state index contributed by atoms with van der Waals surface area (Å²) in [7, 11) is 0. The molecule has 4 rings (SSSR count). The fourth-order valence-electron chi connectivity index (χ4n) is 2.92. The Kier molecular flexibility index (Phi) is 4.40. The normalized spacial score (nSPS) is 11.0. The lowest BCUT2D eigenvalue weighted by Gasteiger charge is -2.07. The third kappa shape index (κ3) is 3.25. The predicted octanol–water partition coefficient (Wildman–Crippen LogP) is 1.41. The molecule has 0 radical (unpaired) electrons. The van der Waals surface area contributed by atoms with E-state index in [4.69, 9.17) is 4.42 Å². The van der Waals surface area contributed by atoms with E-state index in [0.29, 0.717) is 22.2 Å². The number of aromatic nitrogens is 4. The molecule has 0 atom stereocenters. The van der Waals surface area contributed by atoms with Crippen LogP contribution in [0.25, 0.3) is 22.2 Å². The van der Waals surface area contributed by atoms with Gasteiger partial charge in [0, 0.05) is 12.6 Å². The van der Waals surface area contributed by atoms with Crippen molar-refractivity contribution < 1.29 is 9.21 Å². The lowest BCUT2D eigenvalue weighted by Crippen LogP contribution is -2.35. The van der Waals surface area contributed by atoms with Crippen LogP contribution in [0.2, 0.25) is 0 Å². The van der Waals surface area contributed by atoms with Gasteiger partial charge in [0.25, 0.3) is 17.0 Å². The fraction of sp³-hybridized carbons (Fsp3) is 0.158. The molecule has 3 aromatic heterocycles. The zero-order valence-corrected chi connectivity index (χ0v) is 15.0. The molecule has 0 saturated heterocycles. The van der Waals surface area contributed by atoms with E-state index in [2.05, 4.69) is 20.6 Å². The van der Waals surface area contributed by atoms with E-state index in [1.165, 1.54) is 4.68 Å². The molecule has 4 aromatic rings. The summed E-state index contributed by atoms with van der Waals surface area (Å²) in [6.07, 6.45) is 0. The number of amides is 1. The second-order valence-electron chi connectivity index (χ2n) is 6.28. The topological polar surface area (TPSA) is 126 Å². The number of H-pyrrole nitrogens is 2. The summed E-state index contributed by atoms with van der Waals surface area (Å²) in [5.74, 6) is 0.941. The Hall–Kier alpha value is -3.88. The van der Waals surface area contributed by atoms with Gasteiger partial charge in [-0.1, -0.05) is 12.1 Å². The summed E-state index contributed by atoms with van der Waals surface area (Å²) in [4.78, 5) is 36.8. The largest absolute Gasteiger partial charge is 0.460 e. The number of rotatable bonds is 5. The van der Waals surface area contributed by atoms with Crippen LogP contribution in [0.15, 0.2) is 56.5 Å². The van der Waals surface area contributed by atoms with E-state index >= 15 is 0 Å². The highest BCUT2D eigenvalue weighted by molar-refractivity contribution is 5.93. The van der Waals surface area contributed by atoms with E-state index in [9.17, 15) is 14.4 Å². The predicted molar refractivity (Wildman–Crippen MR) is 102 cm³/mol. The summed E-state index contributed by atoms with van der Waals surface area (Å²) in [5, 5.41) is 12.6. The van der Waals surface area contributed by atoms with Crippen molar-refractivity contribution >= 4 is 16.7 Å². The van der Waals surface area contributed by atoms with Crippen molar-refractivity contribution in [3.63, 3.8) is 0 Å². The van der Waals surface area contributed by atoms with Gasteiger partial charge >= 0.3 is 0 Å². The van der Waals surface area contributed by atoms with Gasteiger partial charge in [-0.25, -0.2) is 4.68 Å². The monoisotopic (exact) mass is 379 g/mol. The Morgan fingerprint density at radius 3 is 2.71 bits per heavy atom. The van der Waals surface area contributed by atoms with Crippen LogP contribution < -0.4 is 16.4 Å². The molecule has 0 bridgehead atoms. The van der Waals surface area contributed by atoms with Gasteiger partial charge < -0.3 is 9.73 Å². The van der Waals surface area contributed by atoms with Crippen LogP contribution in [0.1, 0.15) is 16.2 Å². The van der Waals surface area contributed by atoms with E-state index in [1.54, 1.807) is 36.4 Å². The van der Waals surface area contributed by atoms with Crippen LogP contribution in [0, 0.1) is 6.92 Å². The Bertz CT molecular complexity index is 1280. The molecular formula is C19H17N5O4. The molecule has 0 saturated carbocycles. The van der Waals surface area contributed by atoms with Crippen molar-refractivity contribution in [1.29, 1.82) is 0 Å². The average molecular weight is 379 g/mol. The minimum atomic E-state index is -0.401. The third-order valence-electron chi connectivity index (χ3n) is 4.32. The van der Waals surface area contributed by atoms with Crippen molar-refractivity contribution in [1.82, 2.24) is 25.3 Å². The molecule has 3 heterocycles. The Labute approximate surface area is 158 Å². The molecule has 0 spiro atoms. The van der Waals surface area contributed by atoms with Crippen LogP contribution in [0.5, 0.6) is 0 Å². The van der Waals surface area contributed by atoms with Crippen LogP contribution >= 0.6 is 0 Å². The van der Waals surface area contributed by atoms with Crippen molar-refractivity contribution in [3.05, 3.63) is 74.6 Å². The molecule has 0 unspecified atom stereocenters. The SMILES string of the molecule is Cc1ccc(-c2cc(C(=O)NCCn3[nH]c(=O)c4ccccc4c3=O)n[nH]2)o1.